The van der Waals surface area contributed by atoms with Gasteiger partial charge in [0.05, 0.1) is 12.2 Å². The Morgan fingerprint density at radius 2 is 1.76 bits per heavy atom. The molecule has 3 rings (SSSR count). The molecule has 0 spiro atoms. The summed E-state index contributed by atoms with van der Waals surface area (Å²) in [6.07, 6.45) is -0.923. The fourth-order valence-corrected chi connectivity index (χ4v) is 2.62. The zero-order valence-corrected chi connectivity index (χ0v) is 16.8. The van der Waals surface area contributed by atoms with Crippen LogP contribution in [0.1, 0.15) is 36.7 Å². The molecule has 29 heavy (non-hydrogen) atoms. The third-order valence-electron chi connectivity index (χ3n) is 4.23. The van der Waals surface area contributed by atoms with Crippen LogP contribution in [0.5, 0.6) is 17.2 Å². The van der Waals surface area contributed by atoms with Crippen molar-refractivity contribution in [2.24, 2.45) is 5.92 Å². The summed E-state index contributed by atoms with van der Waals surface area (Å²) in [6.45, 7) is 6.75. The zero-order chi connectivity index (χ0) is 20.8. The van der Waals surface area contributed by atoms with Gasteiger partial charge in [-0.25, -0.2) is 4.79 Å². The lowest BCUT2D eigenvalue weighted by atomic mass is 10.2. The lowest BCUT2D eigenvalue weighted by Gasteiger charge is -2.14. The van der Waals surface area contributed by atoms with Gasteiger partial charge in [0.25, 0.3) is 5.91 Å². The molecular weight excluding hydrogens is 374 g/mol. The molecule has 0 saturated heterocycles. The van der Waals surface area contributed by atoms with Crippen molar-refractivity contribution in [3.05, 3.63) is 53.6 Å². The molecule has 2 aromatic rings. The Morgan fingerprint density at radius 1 is 1.03 bits per heavy atom. The number of amides is 1. The summed E-state index contributed by atoms with van der Waals surface area (Å²) in [5.74, 6) is 1.49. The maximum atomic E-state index is 12.3. The van der Waals surface area contributed by atoms with Crippen LogP contribution in [0.15, 0.2) is 42.5 Å². The highest BCUT2D eigenvalue weighted by atomic mass is 16.7. The molecule has 1 aliphatic heterocycles. The second-order valence-corrected chi connectivity index (χ2v) is 7.18. The topological polar surface area (TPSA) is 83.1 Å². The molecular formula is C22H25NO6. The van der Waals surface area contributed by atoms with Gasteiger partial charge in [-0.2, -0.15) is 0 Å². The first-order valence-corrected chi connectivity index (χ1v) is 9.52. The highest BCUT2D eigenvalue weighted by Gasteiger charge is 2.19. The highest BCUT2D eigenvalue weighted by Crippen LogP contribution is 2.32. The number of nitrogens with one attached hydrogen (secondary N) is 1. The van der Waals surface area contributed by atoms with Crippen LogP contribution in [0.3, 0.4) is 0 Å². The van der Waals surface area contributed by atoms with Crippen LogP contribution in [-0.2, 0) is 16.1 Å². The van der Waals surface area contributed by atoms with Crippen molar-refractivity contribution in [3.8, 4) is 17.2 Å². The predicted molar refractivity (Wildman–Crippen MR) is 106 cm³/mol. The molecule has 154 valence electrons. The number of hydrogen-bond donors (Lipinski definition) is 1. The predicted octanol–water partition coefficient (Wildman–Crippen LogP) is 3.31. The van der Waals surface area contributed by atoms with Gasteiger partial charge in [-0.15, -0.1) is 0 Å². The molecule has 0 fully saturated rings. The van der Waals surface area contributed by atoms with Gasteiger partial charge in [0.15, 0.2) is 17.6 Å². The lowest BCUT2D eigenvalue weighted by Crippen LogP contribution is -2.35. The minimum Gasteiger partial charge on any atom is -0.493 e. The fourth-order valence-electron chi connectivity index (χ4n) is 2.62. The number of esters is 1. The molecule has 7 heteroatoms. The van der Waals surface area contributed by atoms with Gasteiger partial charge in [0.1, 0.15) is 5.75 Å². The largest absolute Gasteiger partial charge is 0.493 e. The number of benzene rings is 2. The molecule has 1 atom stereocenters. The summed E-state index contributed by atoms with van der Waals surface area (Å²) in [7, 11) is 0. The first kappa shape index (κ1) is 20.5. The molecule has 1 amide bonds. The summed E-state index contributed by atoms with van der Waals surface area (Å²) in [4.78, 5) is 24.5. The van der Waals surface area contributed by atoms with Crippen molar-refractivity contribution in [2.75, 3.05) is 13.4 Å². The average Bonchev–Trinajstić information content (AvgIpc) is 3.18. The highest BCUT2D eigenvalue weighted by molar-refractivity contribution is 5.92. The van der Waals surface area contributed by atoms with E-state index in [1.807, 2.05) is 12.1 Å². The number of carbonyl (C=O) groups excluding carboxylic acids is 2. The standard InChI is InChI=1S/C22H25NO6/c1-14(2)12-26-18-7-5-17(6-8-18)22(25)29-15(3)21(24)23-11-16-4-9-19-20(10-16)28-13-27-19/h4-10,14-15H,11-13H2,1-3H3,(H,23,24). The first-order chi connectivity index (χ1) is 13.9. The van der Waals surface area contributed by atoms with Crippen molar-refractivity contribution >= 4 is 11.9 Å². The smallest absolute Gasteiger partial charge is 0.338 e. The number of fused-ring (bicyclic) bond motifs is 1. The van der Waals surface area contributed by atoms with Crippen molar-refractivity contribution in [3.63, 3.8) is 0 Å². The van der Waals surface area contributed by atoms with Crippen LogP contribution in [0, 0.1) is 5.92 Å². The van der Waals surface area contributed by atoms with Gasteiger partial charge < -0.3 is 24.3 Å². The van der Waals surface area contributed by atoms with E-state index in [9.17, 15) is 9.59 Å². The van der Waals surface area contributed by atoms with Crippen LogP contribution < -0.4 is 19.5 Å². The van der Waals surface area contributed by atoms with Gasteiger partial charge in [-0.3, -0.25) is 4.79 Å². The summed E-state index contributed by atoms with van der Waals surface area (Å²) >= 11 is 0. The molecule has 0 aliphatic carbocycles. The van der Waals surface area contributed by atoms with E-state index in [0.29, 0.717) is 41.9 Å². The number of ether oxygens (including phenoxy) is 4. The van der Waals surface area contributed by atoms with E-state index in [0.717, 1.165) is 5.56 Å². The Labute approximate surface area is 169 Å². The second-order valence-electron chi connectivity index (χ2n) is 7.18. The third kappa shape index (κ3) is 5.63. The summed E-state index contributed by atoms with van der Waals surface area (Å²) in [5.41, 5.74) is 1.22. The number of carbonyl (C=O) groups is 2. The molecule has 0 aromatic heterocycles. The normalized spacial score (nSPS) is 13.1. The molecule has 7 nitrogen and oxygen atoms in total. The Morgan fingerprint density at radius 3 is 2.48 bits per heavy atom. The van der Waals surface area contributed by atoms with Gasteiger partial charge in [-0.1, -0.05) is 19.9 Å². The molecule has 0 radical (unpaired) electrons. The van der Waals surface area contributed by atoms with E-state index in [-0.39, 0.29) is 12.7 Å². The number of rotatable bonds is 8. The zero-order valence-electron chi connectivity index (χ0n) is 16.8. The van der Waals surface area contributed by atoms with Crippen molar-refractivity contribution < 1.29 is 28.5 Å². The van der Waals surface area contributed by atoms with E-state index in [1.54, 1.807) is 30.3 Å². The van der Waals surface area contributed by atoms with E-state index >= 15 is 0 Å². The molecule has 0 bridgehead atoms. The third-order valence-corrected chi connectivity index (χ3v) is 4.23. The SMILES string of the molecule is CC(C)COc1ccc(C(=O)OC(C)C(=O)NCc2ccc3c(c2)OCO3)cc1. The van der Waals surface area contributed by atoms with Crippen molar-refractivity contribution in [1.82, 2.24) is 5.32 Å². The summed E-state index contributed by atoms with van der Waals surface area (Å²) in [6, 6.07) is 12.1. The second kappa shape index (κ2) is 9.32. The maximum Gasteiger partial charge on any atom is 0.338 e. The van der Waals surface area contributed by atoms with Crippen LogP contribution in [-0.4, -0.2) is 31.4 Å². The van der Waals surface area contributed by atoms with Gasteiger partial charge in [-0.05, 0) is 54.8 Å². The molecule has 1 aliphatic rings. The van der Waals surface area contributed by atoms with Gasteiger partial charge in [0, 0.05) is 6.54 Å². The maximum absolute atomic E-state index is 12.3. The fraction of sp³-hybridized carbons (Fsp3) is 0.364. The molecule has 0 saturated carbocycles. The quantitative estimate of drug-likeness (QED) is 0.686. The van der Waals surface area contributed by atoms with Crippen LogP contribution in [0.2, 0.25) is 0 Å². The van der Waals surface area contributed by atoms with Crippen LogP contribution in [0.4, 0.5) is 0 Å². The van der Waals surface area contributed by atoms with Crippen LogP contribution in [0.25, 0.3) is 0 Å². The summed E-state index contributed by atoms with van der Waals surface area (Å²) < 4.78 is 21.4. The lowest BCUT2D eigenvalue weighted by molar-refractivity contribution is -0.129. The van der Waals surface area contributed by atoms with Crippen molar-refractivity contribution in [1.29, 1.82) is 0 Å². The Bertz CT molecular complexity index is 862. The monoisotopic (exact) mass is 399 g/mol. The minimum absolute atomic E-state index is 0.197. The van der Waals surface area contributed by atoms with E-state index < -0.39 is 12.1 Å². The Kier molecular flexibility index (Phi) is 6.59. The van der Waals surface area contributed by atoms with Crippen LogP contribution >= 0.6 is 0 Å². The van der Waals surface area contributed by atoms with E-state index in [2.05, 4.69) is 19.2 Å². The molecule has 1 heterocycles. The van der Waals surface area contributed by atoms with Crippen molar-refractivity contribution in [2.45, 2.75) is 33.4 Å². The average molecular weight is 399 g/mol. The minimum atomic E-state index is -0.923. The van der Waals surface area contributed by atoms with Gasteiger partial charge in [0.2, 0.25) is 6.79 Å². The summed E-state index contributed by atoms with van der Waals surface area (Å²) in [5, 5.41) is 2.75. The first-order valence-electron chi connectivity index (χ1n) is 9.52. The Balaban J connectivity index is 1.47. The van der Waals surface area contributed by atoms with E-state index in [1.165, 1.54) is 6.92 Å². The Hall–Kier alpha value is -3.22. The van der Waals surface area contributed by atoms with Gasteiger partial charge >= 0.3 is 5.97 Å². The van der Waals surface area contributed by atoms with E-state index in [4.69, 9.17) is 18.9 Å². The molecule has 2 aromatic carbocycles. The molecule has 1 unspecified atom stereocenters. The number of hydrogen-bond acceptors (Lipinski definition) is 6. The molecule has 1 N–H and O–H groups in total.